The molecule has 3 rings (SSSR count). The molecule has 2 aromatic heterocycles. The van der Waals surface area contributed by atoms with E-state index >= 15 is 0 Å². The van der Waals surface area contributed by atoms with Crippen molar-refractivity contribution in [3.05, 3.63) is 29.3 Å². The molecule has 6 heteroatoms. The first-order valence-corrected chi connectivity index (χ1v) is 8.48. The predicted molar refractivity (Wildman–Crippen MR) is 84.5 cm³/mol. The molecule has 5 nitrogen and oxygen atoms in total. The van der Waals surface area contributed by atoms with Crippen molar-refractivity contribution >= 4 is 17.2 Å². The fourth-order valence-corrected chi connectivity index (χ4v) is 3.38. The van der Waals surface area contributed by atoms with Gasteiger partial charge in [0.05, 0.1) is 11.5 Å². The molecule has 1 atom stereocenters. The third-order valence-electron chi connectivity index (χ3n) is 3.92. The molecule has 1 unspecified atom stereocenters. The van der Waals surface area contributed by atoms with Gasteiger partial charge in [0.1, 0.15) is 12.3 Å². The van der Waals surface area contributed by atoms with E-state index in [9.17, 15) is 4.79 Å². The van der Waals surface area contributed by atoms with Crippen molar-refractivity contribution in [3.8, 4) is 10.6 Å². The molecule has 1 aliphatic heterocycles. The second-order valence-corrected chi connectivity index (χ2v) is 6.53. The largest absolute Gasteiger partial charge is 0.365 e. The summed E-state index contributed by atoms with van der Waals surface area (Å²) in [6, 6.07) is 6.14. The molecule has 1 amide bonds. The molecule has 1 saturated heterocycles. The number of ether oxygens (including phenoxy) is 1. The maximum Gasteiger partial charge on any atom is 0.248 e. The van der Waals surface area contributed by atoms with Crippen LogP contribution in [0.3, 0.4) is 0 Å². The van der Waals surface area contributed by atoms with Gasteiger partial charge in [0.25, 0.3) is 0 Å². The molecule has 2 aromatic rings. The Morgan fingerprint density at radius 3 is 3.23 bits per heavy atom. The summed E-state index contributed by atoms with van der Waals surface area (Å²) in [4.78, 5) is 15.1. The summed E-state index contributed by atoms with van der Waals surface area (Å²) < 4.78 is 10.8. The zero-order chi connectivity index (χ0) is 15.4. The summed E-state index contributed by atoms with van der Waals surface area (Å²) in [7, 11) is 0. The number of hydrogen-bond donors (Lipinski definition) is 0. The smallest absolute Gasteiger partial charge is 0.248 e. The monoisotopic (exact) mass is 320 g/mol. The summed E-state index contributed by atoms with van der Waals surface area (Å²) in [5, 5.41) is 5.97. The number of carbonyl (C=O) groups is 1. The van der Waals surface area contributed by atoms with Crippen molar-refractivity contribution in [2.24, 2.45) is 0 Å². The van der Waals surface area contributed by atoms with E-state index in [0.717, 1.165) is 30.0 Å². The van der Waals surface area contributed by atoms with Crippen LogP contribution in [0.25, 0.3) is 10.6 Å². The number of piperidine rings is 1. The summed E-state index contributed by atoms with van der Waals surface area (Å²) >= 11 is 1.60. The number of amides is 1. The number of nitrogens with zero attached hydrogens (tertiary/aromatic N) is 2. The number of hydrogen-bond acceptors (Lipinski definition) is 5. The fraction of sp³-hybridized carbons (Fsp3) is 0.500. The van der Waals surface area contributed by atoms with Crippen molar-refractivity contribution in [1.82, 2.24) is 10.1 Å². The summed E-state index contributed by atoms with van der Waals surface area (Å²) in [5.41, 5.74) is 0.711. The number of rotatable bonds is 5. The molecule has 0 N–H and O–H groups in total. The highest BCUT2D eigenvalue weighted by Gasteiger charge is 2.23. The molecule has 0 radical (unpaired) electrons. The predicted octanol–water partition coefficient (Wildman–Crippen LogP) is 3.32. The summed E-state index contributed by atoms with van der Waals surface area (Å²) in [6.07, 6.45) is 3.37. The molecule has 118 valence electrons. The van der Waals surface area contributed by atoms with Crippen molar-refractivity contribution in [1.29, 1.82) is 0 Å². The highest BCUT2D eigenvalue weighted by molar-refractivity contribution is 7.13. The lowest BCUT2D eigenvalue weighted by Gasteiger charge is -2.33. The van der Waals surface area contributed by atoms with E-state index in [4.69, 9.17) is 9.26 Å². The highest BCUT2D eigenvalue weighted by atomic mass is 32.1. The van der Waals surface area contributed by atoms with Gasteiger partial charge in [-0.3, -0.25) is 4.79 Å². The number of likely N-dealkylation sites (tertiary alicyclic amines) is 1. The second-order valence-electron chi connectivity index (χ2n) is 5.58. The van der Waals surface area contributed by atoms with Crippen LogP contribution in [0.2, 0.25) is 0 Å². The molecular weight excluding hydrogens is 300 g/mol. The molecular formula is C16H20N2O3S. The van der Waals surface area contributed by atoms with Crippen LogP contribution in [0.4, 0.5) is 0 Å². The fourth-order valence-electron chi connectivity index (χ4n) is 2.71. The maximum absolute atomic E-state index is 12.1. The molecule has 1 fully saturated rings. The van der Waals surface area contributed by atoms with Crippen LogP contribution >= 0.6 is 11.3 Å². The molecule has 0 saturated carbocycles. The third kappa shape index (κ3) is 3.56. The normalized spacial score (nSPS) is 18.6. The van der Waals surface area contributed by atoms with Gasteiger partial charge in [-0.25, -0.2) is 0 Å². The minimum absolute atomic E-state index is 0.0641. The Labute approximate surface area is 133 Å². The standard InChI is InChI=1S/C16H20N2O3S/c1-12-5-2-3-7-18(12)16(19)11-20-10-13-9-14(21-17-13)15-6-4-8-22-15/h4,6,8-9,12H,2-3,5,7,10-11H2,1H3. The summed E-state index contributed by atoms with van der Waals surface area (Å²) in [6.45, 7) is 3.34. The van der Waals surface area contributed by atoms with Gasteiger partial charge in [0.2, 0.25) is 5.91 Å². The van der Waals surface area contributed by atoms with Crippen molar-refractivity contribution in [2.75, 3.05) is 13.2 Å². The quantitative estimate of drug-likeness (QED) is 0.848. The minimum Gasteiger partial charge on any atom is -0.365 e. The van der Waals surface area contributed by atoms with Gasteiger partial charge in [-0.1, -0.05) is 11.2 Å². The van der Waals surface area contributed by atoms with E-state index in [1.54, 1.807) is 11.3 Å². The Balaban J connectivity index is 1.48. The van der Waals surface area contributed by atoms with Crippen LogP contribution in [-0.4, -0.2) is 35.2 Å². The minimum atomic E-state index is 0.0641. The lowest BCUT2D eigenvalue weighted by molar-refractivity contribution is -0.139. The van der Waals surface area contributed by atoms with Gasteiger partial charge in [-0.05, 0) is 37.6 Å². The number of carbonyl (C=O) groups excluding carboxylic acids is 1. The van der Waals surface area contributed by atoms with Gasteiger partial charge >= 0.3 is 0 Å². The lowest BCUT2D eigenvalue weighted by atomic mass is 10.0. The van der Waals surface area contributed by atoms with E-state index in [1.807, 2.05) is 28.5 Å². The van der Waals surface area contributed by atoms with Crippen LogP contribution in [0.15, 0.2) is 28.1 Å². The van der Waals surface area contributed by atoms with Crippen LogP contribution in [0.5, 0.6) is 0 Å². The zero-order valence-corrected chi connectivity index (χ0v) is 13.5. The second kappa shape index (κ2) is 7.07. The average molecular weight is 320 g/mol. The average Bonchev–Trinajstić information content (AvgIpc) is 3.18. The lowest BCUT2D eigenvalue weighted by Crippen LogP contribution is -2.43. The molecule has 1 aliphatic rings. The number of thiophene rings is 1. The van der Waals surface area contributed by atoms with E-state index < -0.39 is 0 Å². The van der Waals surface area contributed by atoms with Gasteiger partial charge in [-0.15, -0.1) is 11.3 Å². The maximum atomic E-state index is 12.1. The van der Waals surface area contributed by atoms with Crippen LogP contribution in [0, 0.1) is 0 Å². The SMILES string of the molecule is CC1CCCCN1C(=O)COCc1cc(-c2cccs2)on1. The topological polar surface area (TPSA) is 55.6 Å². The van der Waals surface area contributed by atoms with Gasteiger partial charge in [-0.2, -0.15) is 0 Å². The Hall–Kier alpha value is -1.66. The Morgan fingerprint density at radius 1 is 1.55 bits per heavy atom. The summed E-state index contributed by atoms with van der Waals surface area (Å²) in [5.74, 6) is 0.804. The first-order chi connectivity index (χ1) is 10.7. The first-order valence-electron chi connectivity index (χ1n) is 7.61. The van der Waals surface area contributed by atoms with E-state index in [2.05, 4.69) is 12.1 Å². The molecule has 0 aromatic carbocycles. The first kappa shape index (κ1) is 15.2. The van der Waals surface area contributed by atoms with E-state index in [-0.39, 0.29) is 12.5 Å². The van der Waals surface area contributed by atoms with Gasteiger partial charge < -0.3 is 14.2 Å². The van der Waals surface area contributed by atoms with Crippen LogP contribution in [-0.2, 0) is 16.1 Å². The van der Waals surface area contributed by atoms with Crippen LogP contribution in [0.1, 0.15) is 31.9 Å². The number of aromatic nitrogens is 1. The molecule has 0 spiro atoms. The Bertz CT molecular complexity index is 609. The molecule has 0 bridgehead atoms. The van der Waals surface area contributed by atoms with Gasteiger partial charge in [0.15, 0.2) is 5.76 Å². The van der Waals surface area contributed by atoms with Crippen LogP contribution < -0.4 is 0 Å². The zero-order valence-electron chi connectivity index (χ0n) is 12.7. The van der Waals surface area contributed by atoms with Gasteiger partial charge in [0, 0.05) is 18.7 Å². The Morgan fingerprint density at radius 2 is 2.45 bits per heavy atom. The Kier molecular flexibility index (Phi) is 4.90. The highest BCUT2D eigenvalue weighted by Crippen LogP contribution is 2.25. The van der Waals surface area contributed by atoms with Crippen molar-refractivity contribution in [2.45, 2.75) is 38.8 Å². The molecule has 3 heterocycles. The van der Waals surface area contributed by atoms with E-state index in [0.29, 0.717) is 18.3 Å². The molecule has 22 heavy (non-hydrogen) atoms. The molecule has 0 aliphatic carbocycles. The van der Waals surface area contributed by atoms with Crippen molar-refractivity contribution in [3.63, 3.8) is 0 Å². The third-order valence-corrected chi connectivity index (χ3v) is 4.81. The van der Waals surface area contributed by atoms with E-state index in [1.165, 1.54) is 6.42 Å². The van der Waals surface area contributed by atoms with Crippen molar-refractivity contribution < 1.29 is 14.1 Å².